The van der Waals surface area contributed by atoms with Gasteiger partial charge in [-0.3, -0.25) is 4.90 Å². The quantitative estimate of drug-likeness (QED) is 0.411. The van der Waals surface area contributed by atoms with Gasteiger partial charge < -0.3 is 20.4 Å². The summed E-state index contributed by atoms with van der Waals surface area (Å²) in [6, 6.07) is 12.7. The molecule has 1 saturated heterocycles. The van der Waals surface area contributed by atoms with Crippen molar-refractivity contribution in [3.05, 3.63) is 65.7 Å². The van der Waals surface area contributed by atoms with E-state index in [1.165, 1.54) is 36.4 Å². The van der Waals surface area contributed by atoms with Gasteiger partial charge in [0.15, 0.2) is 0 Å². The van der Waals surface area contributed by atoms with Crippen LogP contribution in [0.1, 0.15) is 29.9 Å². The molecule has 2 aromatic rings. The van der Waals surface area contributed by atoms with Gasteiger partial charge in [-0.1, -0.05) is 17.8 Å². The van der Waals surface area contributed by atoms with Crippen LogP contribution in [0.5, 0.6) is 0 Å². The number of aliphatic hydroxyl groups is 4. The van der Waals surface area contributed by atoms with Crippen LogP contribution in [0.2, 0.25) is 0 Å². The molecule has 0 aromatic heterocycles. The maximum absolute atomic E-state index is 12.7. The third kappa shape index (κ3) is 4.70. The molecule has 1 heterocycles. The van der Waals surface area contributed by atoms with Crippen molar-refractivity contribution in [3.63, 3.8) is 0 Å². The van der Waals surface area contributed by atoms with Gasteiger partial charge in [-0.05, 0) is 23.6 Å². The molecule has 0 amide bonds. The van der Waals surface area contributed by atoms with Crippen LogP contribution in [-0.4, -0.2) is 32.2 Å². The van der Waals surface area contributed by atoms with Gasteiger partial charge in [-0.15, -0.1) is 12.1 Å². The van der Waals surface area contributed by atoms with Crippen LogP contribution in [0.4, 0.5) is 18.9 Å². The molecule has 0 saturated carbocycles. The van der Waals surface area contributed by atoms with Crippen LogP contribution >= 0.6 is 0 Å². The van der Waals surface area contributed by atoms with Crippen molar-refractivity contribution in [1.82, 2.24) is 0 Å². The Kier molecular flexibility index (Phi) is 6.41. The molecule has 3 rings (SSSR count). The van der Waals surface area contributed by atoms with E-state index in [-0.39, 0.29) is 51.2 Å². The van der Waals surface area contributed by atoms with Crippen LogP contribution in [0.15, 0.2) is 48.5 Å². The fourth-order valence-electron chi connectivity index (χ4n) is 3.32. The molecule has 27 heavy (non-hydrogen) atoms. The van der Waals surface area contributed by atoms with Crippen molar-refractivity contribution >= 4 is 5.69 Å². The number of rotatable bonds is 2. The SMILES string of the molecule is OC1(O)CC(c2ccc(C(F)(F)F)cc2)CC(O)(O)N1c1cc[c-]cc1.[Y]. The van der Waals surface area contributed by atoms with E-state index >= 15 is 0 Å². The van der Waals surface area contributed by atoms with E-state index < -0.39 is 29.5 Å². The first-order chi connectivity index (χ1) is 12.0. The molecule has 1 aliphatic rings. The molecule has 0 bridgehead atoms. The van der Waals surface area contributed by atoms with Crippen molar-refractivity contribution in [2.24, 2.45) is 0 Å². The van der Waals surface area contributed by atoms with E-state index in [1.54, 1.807) is 0 Å². The zero-order valence-electron chi connectivity index (χ0n) is 14.1. The fourth-order valence-corrected chi connectivity index (χ4v) is 3.32. The summed E-state index contributed by atoms with van der Waals surface area (Å²) in [5.41, 5.74) is -0.332. The Hall–Kier alpha value is -1.03. The molecule has 0 unspecified atom stereocenters. The Balaban J connectivity index is 0.00000261. The maximum atomic E-state index is 12.7. The van der Waals surface area contributed by atoms with Gasteiger partial charge in [-0.25, -0.2) is 0 Å². The van der Waals surface area contributed by atoms with Crippen molar-refractivity contribution in [1.29, 1.82) is 0 Å². The van der Waals surface area contributed by atoms with Gasteiger partial charge in [0.2, 0.25) is 11.8 Å². The normalized spacial score (nSPS) is 19.4. The van der Waals surface area contributed by atoms with Crippen molar-refractivity contribution in [3.8, 4) is 0 Å². The summed E-state index contributed by atoms with van der Waals surface area (Å²) in [5, 5.41) is 41.6. The van der Waals surface area contributed by atoms with E-state index in [0.717, 1.165) is 12.1 Å². The molecule has 9 heteroatoms. The second-order valence-electron chi connectivity index (χ2n) is 6.37. The molecule has 0 atom stereocenters. The maximum Gasteiger partial charge on any atom is 0.416 e. The van der Waals surface area contributed by atoms with Crippen LogP contribution in [0.25, 0.3) is 0 Å². The molecule has 0 aliphatic carbocycles. The Morgan fingerprint density at radius 2 is 1.37 bits per heavy atom. The van der Waals surface area contributed by atoms with E-state index in [4.69, 9.17) is 0 Å². The molecule has 2 aromatic carbocycles. The summed E-state index contributed by atoms with van der Waals surface area (Å²) < 4.78 is 38.0. The van der Waals surface area contributed by atoms with E-state index in [1.807, 2.05) is 0 Å². The van der Waals surface area contributed by atoms with Gasteiger partial charge in [0.25, 0.3) is 0 Å². The minimum absolute atomic E-state index is 0. The Bertz CT molecular complexity index is 748. The average molecular weight is 457 g/mol. The number of benzene rings is 2. The zero-order valence-corrected chi connectivity index (χ0v) is 16.9. The fraction of sp³-hybridized carbons (Fsp3) is 0.333. The molecule has 5 nitrogen and oxygen atoms in total. The van der Waals surface area contributed by atoms with Crippen LogP contribution < -0.4 is 4.90 Å². The predicted octanol–water partition coefficient (Wildman–Crippen LogP) is 2.16. The summed E-state index contributed by atoms with van der Waals surface area (Å²) in [6.07, 6.45) is -5.12. The largest absolute Gasteiger partial charge is 0.416 e. The molecule has 1 aliphatic heterocycles. The molecule has 0 spiro atoms. The summed E-state index contributed by atoms with van der Waals surface area (Å²) in [6.45, 7) is 0. The van der Waals surface area contributed by atoms with Gasteiger partial charge >= 0.3 is 6.18 Å². The first-order valence-electron chi connectivity index (χ1n) is 7.84. The standard InChI is InChI=1S/C18H17F3NO4.Y/c19-18(20,21)14-8-6-12(7-9-14)13-10-16(23,24)22(17(25,26)11-13)15-4-2-1-3-5-15;/h2-9,13,23-26H,10-11H2;/q-1;. The van der Waals surface area contributed by atoms with Crippen molar-refractivity contribution < 1.29 is 66.3 Å². The first kappa shape index (κ1) is 22.3. The number of alkyl halides is 3. The van der Waals surface area contributed by atoms with Crippen LogP contribution in [-0.2, 0) is 38.9 Å². The minimum Gasteiger partial charge on any atom is -0.349 e. The predicted molar refractivity (Wildman–Crippen MR) is 85.5 cm³/mol. The first-order valence-corrected chi connectivity index (χ1v) is 7.84. The molecular formula is C18H17F3NO4Y-. The number of anilines is 1. The molecule has 143 valence electrons. The van der Waals surface area contributed by atoms with Crippen molar-refractivity contribution in [2.45, 2.75) is 36.8 Å². The number of nitrogens with zero attached hydrogens (tertiary/aromatic N) is 1. The average Bonchev–Trinajstić information content (AvgIpc) is 2.53. The third-order valence-corrected chi connectivity index (χ3v) is 4.43. The summed E-state index contributed by atoms with van der Waals surface area (Å²) in [7, 11) is 0. The van der Waals surface area contributed by atoms with E-state index in [2.05, 4.69) is 6.07 Å². The third-order valence-electron chi connectivity index (χ3n) is 4.43. The summed E-state index contributed by atoms with van der Waals surface area (Å²) in [4.78, 5) is 0.661. The van der Waals surface area contributed by atoms with Crippen LogP contribution in [0, 0.1) is 6.07 Å². The number of hydrogen-bond donors (Lipinski definition) is 4. The topological polar surface area (TPSA) is 84.2 Å². The molecule has 1 radical (unpaired) electrons. The van der Waals surface area contributed by atoms with E-state index in [9.17, 15) is 33.6 Å². The monoisotopic (exact) mass is 457 g/mol. The smallest absolute Gasteiger partial charge is 0.349 e. The second kappa shape index (κ2) is 7.77. The van der Waals surface area contributed by atoms with Gasteiger partial charge in [0.05, 0.1) is 5.56 Å². The zero-order chi connectivity index (χ0) is 19.2. The summed E-state index contributed by atoms with van der Waals surface area (Å²) in [5.74, 6) is -6.00. The molecule has 1 fully saturated rings. The van der Waals surface area contributed by atoms with Crippen LogP contribution in [0.3, 0.4) is 0 Å². The number of piperidine rings is 1. The van der Waals surface area contributed by atoms with Crippen molar-refractivity contribution in [2.75, 3.05) is 4.90 Å². The number of halogens is 3. The molecule has 4 N–H and O–H groups in total. The minimum atomic E-state index is -4.48. The van der Waals surface area contributed by atoms with Gasteiger partial charge in [0, 0.05) is 45.6 Å². The summed E-state index contributed by atoms with van der Waals surface area (Å²) >= 11 is 0. The number of hydrogen-bond acceptors (Lipinski definition) is 5. The van der Waals surface area contributed by atoms with Gasteiger partial charge in [-0.2, -0.15) is 31.4 Å². The Morgan fingerprint density at radius 1 is 0.889 bits per heavy atom. The Labute approximate surface area is 178 Å². The molecular weight excluding hydrogens is 440 g/mol. The van der Waals surface area contributed by atoms with Gasteiger partial charge in [0.1, 0.15) is 0 Å². The Morgan fingerprint density at radius 3 is 1.81 bits per heavy atom. The van der Waals surface area contributed by atoms with E-state index in [0.29, 0.717) is 10.5 Å². The second-order valence-corrected chi connectivity index (χ2v) is 6.37.